The number of nitrogens with one attached hydrogen (secondary N) is 1. The zero-order valence-electron chi connectivity index (χ0n) is 14.9. The maximum Gasteiger partial charge on any atom is 0.262 e. The van der Waals surface area contributed by atoms with Crippen LogP contribution in [0.4, 0.5) is 15.8 Å². The van der Waals surface area contributed by atoms with Crippen molar-refractivity contribution in [2.24, 2.45) is 0 Å². The smallest absolute Gasteiger partial charge is 0.262 e. The van der Waals surface area contributed by atoms with Crippen molar-refractivity contribution in [3.05, 3.63) is 83.4 Å². The van der Waals surface area contributed by atoms with E-state index in [1.165, 1.54) is 12.1 Å². The number of benzene rings is 2. The van der Waals surface area contributed by atoms with E-state index in [2.05, 4.69) is 10.3 Å². The third-order valence-electron chi connectivity index (χ3n) is 4.65. The van der Waals surface area contributed by atoms with Gasteiger partial charge in [0.25, 0.3) is 5.91 Å². The van der Waals surface area contributed by atoms with E-state index < -0.39 is 6.17 Å². The Balaban J connectivity index is 1.78. The molecule has 6 heteroatoms. The van der Waals surface area contributed by atoms with E-state index in [0.29, 0.717) is 28.4 Å². The number of carbonyl (C=O) groups excluding carboxylic acids is 1. The van der Waals surface area contributed by atoms with E-state index in [9.17, 15) is 9.18 Å². The van der Waals surface area contributed by atoms with Crippen LogP contribution in [0.5, 0.6) is 5.75 Å². The number of ether oxygens (including phenoxy) is 1. The summed E-state index contributed by atoms with van der Waals surface area (Å²) < 4.78 is 18.9. The average molecular weight is 363 g/mol. The van der Waals surface area contributed by atoms with Crippen molar-refractivity contribution >= 4 is 17.3 Å². The van der Waals surface area contributed by atoms with Gasteiger partial charge in [0.1, 0.15) is 11.6 Å². The number of aromatic nitrogens is 1. The number of nitrogens with zero attached hydrogens (tertiary/aromatic N) is 2. The van der Waals surface area contributed by atoms with Gasteiger partial charge in [0, 0.05) is 17.6 Å². The van der Waals surface area contributed by atoms with Crippen LogP contribution in [-0.4, -0.2) is 18.0 Å². The highest BCUT2D eigenvalue weighted by Crippen LogP contribution is 2.38. The number of carbonyl (C=O) groups is 1. The number of pyridine rings is 1. The SMILES string of the molecule is COc1ccc(N2C(=O)c3cccnc3C2Nc2cc(F)ccc2C)cc1. The highest BCUT2D eigenvalue weighted by molar-refractivity contribution is 6.11. The van der Waals surface area contributed by atoms with Gasteiger partial charge in [-0.2, -0.15) is 0 Å². The molecule has 27 heavy (non-hydrogen) atoms. The second-order valence-electron chi connectivity index (χ2n) is 6.32. The Morgan fingerprint density at radius 2 is 1.93 bits per heavy atom. The minimum atomic E-state index is -0.539. The van der Waals surface area contributed by atoms with Gasteiger partial charge >= 0.3 is 0 Å². The fraction of sp³-hybridized carbons (Fsp3) is 0.143. The summed E-state index contributed by atoms with van der Waals surface area (Å²) >= 11 is 0. The summed E-state index contributed by atoms with van der Waals surface area (Å²) in [6.45, 7) is 1.88. The topological polar surface area (TPSA) is 54.5 Å². The Labute approximate surface area is 156 Å². The molecule has 1 N–H and O–H groups in total. The second kappa shape index (κ2) is 6.72. The molecule has 0 saturated heterocycles. The van der Waals surface area contributed by atoms with Crippen LogP contribution in [-0.2, 0) is 0 Å². The van der Waals surface area contributed by atoms with Crippen molar-refractivity contribution in [3.63, 3.8) is 0 Å². The molecule has 1 aromatic heterocycles. The van der Waals surface area contributed by atoms with Crippen molar-refractivity contribution in [2.45, 2.75) is 13.1 Å². The molecule has 2 aromatic carbocycles. The molecule has 1 aliphatic heterocycles. The maximum atomic E-state index is 13.7. The maximum absolute atomic E-state index is 13.7. The third kappa shape index (κ3) is 2.99. The Bertz CT molecular complexity index is 1000. The van der Waals surface area contributed by atoms with Crippen molar-refractivity contribution < 1.29 is 13.9 Å². The molecular weight excluding hydrogens is 345 g/mol. The summed E-state index contributed by atoms with van der Waals surface area (Å²) in [6, 6.07) is 15.2. The number of amides is 1. The molecule has 2 heterocycles. The van der Waals surface area contributed by atoms with Gasteiger partial charge in [-0.3, -0.25) is 14.7 Å². The normalized spacial score (nSPS) is 15.6. The molecule has 136 valence electrons. The zero-order chi connectivity index (χ0) is 19.0. The lowest BCUT2D eigenvalue weighted by molar-refractivity contribution is 0.0993. The zero-order valence-corrected chi connectivity index (χ0v) is 14.9. The highest BCUT2D eigenvalue weighted by Gasteiger charge is 2.39. The van der Waals surface area contributed by atoms with Crippen LogP contribution in [0.1, 0.15) is 27.8 Å². The van der Waals surface area contributed by atoms with Crippen LogP contribution in [0, 0.1) is 12.7 Å². The molecular formula is C21H18FN3O2. The van der Waals surface area contributed by atoms with Crippen molar-refractivity contribution in [1.82, 2.24) is 4.98 Å². The lowest BCUT2D eigenvalue weighted by Gasteiger charge is -2.27. The van der Waals surface area contributed by atoms with Gasteiger partial charge in [-0.25, -0.2) is 4.39 Å². The lowest BCUT2D eigenvalue weighted by Crippen LogP contribution is -2.32. The van der Waals surface area contributed by atoms with Crippen molar-refractivity contribution in [1.29, 1.82) is 0 Å². The van der Waals surface area contributed by atoms with Crippen LogP contribution in [0.2, 0.25) is 0 Å². The Morgan fingerprint density at radius 1 is 1.15 bits per heavy atom. The van der Waals surface area contributed by atoms with Gasteiger partial charge in [0.2, 0.25) is 0 Å². The number of fused-ring (bicyclic) bond motifs is 1. The molecule has 1 atom stereocenters. The molecule has 1 unspecified atom stereocenters. The summed E-state index contributed by atoms with van der Waals surface area (Å²) in [4.78, 5) is 19.1. The monoisotopic (exact) mass is 363 g/mol. The van der Waals surface area contributed by atoms with Crippen molar-refractivity contribution in [2.75, 3.05) is 17.3 Å². The van der Waals surface area contributed by atoms with Crippen LogP contribution in [0.3, 0.4) is 0 Å². The minimum absolute atomic E-state index is 0.158. The number of anilines is 2. The number of hydrogen-bond donors (Lipinski definition) is 1. The van der Waals surface area contributed by atoms with Crippen LogP contribution >= 0.6 is 0 Å². The number of halogens is 1. The van der Waals surface area contributed by atoms with Gasteiger partial charge in [0.15, 0.2) is 6.17 Å². The van der Waals surface area contributed by atoms with Gasteiger partial charge in [-0.1, -0.05) is 6.07 Å². The molecule has 0 bridgehead atoms. The largest absolute Gasteiger partial charge is 0.497 e. The Hall–Kier alpha value is -3.41. The molecule has 0 aliphatic carbocycles. The van der Waals surface area contributed by atoms with Crippen LogP contribution in [0.15, 0.2) is 60.8 Å². The summed E-state index contributed by atoms with van der Waals surface area (Å²) in [7, 11) is 1.59. The quantitative estimate of drug-likeness (QED) is 0.751. The molecule has 1 amide bonds. The fourth-order valence-electron chi connectivity index (χ4n) is 3.22. The van der Waals surface area contributed by atoms with E-state index in [-0.39, 0.29) is 11.7 Å². The van der Waals surface area contributed by atoms with Crippen LogP contribution < -0.4 is 15.0 Å². The van der Waals surface area contributed by atoms with E-state index in [0.717, 1.165) is 5.56 Å². The second-order valence-corrected chi connectivity index (χ2v) is 6.32. The van der Waals surface area contributed by atoms with Gasteiger partial charge in [-0.15, -0.1) is 0 Å². The molecule has 4 rings (SSSR count). The minimum Gasteiger partial charge on any atom is -0.497 e. The third-order valence-corrected chi connectivity index (χ3v) is 4.65. The Kier molecular flexibility index (Phi) is 4.24. The molecule has 0 radical (unpaired) electrons. The predicted octanol–water partition coefficient (Wildman–Crippen LogP) is 4.31. The number of rotatable bonds is 4. The van der Waals surface area contributed by atoms with Crippen molar-refractivity contribution in [3.8, 4) is 5.75 Å². The van der Waals surface area contributed by atoms with E-state index in [1.54, 1.807) is 48.5 Å². The van der Waals surface area contributed by atoms with E-state index in [1.807, 2.05) is 19.1 Å². The molecule has 0 spiro atoms. The predicted molar refractivity (Wildman–Crippen MR) is 102 cm³/mol. The van der Waals surface area contributed by atoms with Gasteiger partial charge in [-0.05, 0) is 61.0 Å². The highest BCUT2D eigenvalue weighted by atomic mass is 19.1. The first-order valence-corrected chi connectivity index (χ1v) is 8.53. The Morgan fingerprint density at radius 3 is 2.67 bits per heavy atom. The molecule has 0 saturated carbocycles. The number of hydrogen-bond acceptors (Lipinski definition) is 4. The summed E-state index contributed by atoms with van der Waals surface area (Å²) in [6.07, 6.45) is 1.11. The first-order valence-electron chi connectivity index (χ1n) is 8.53. The molecule has 0 fully saturated rings. The van der Waals surface area contributed by atoms with E-state index >= 15 is 0 Å². The summed E-state index contributed by atoms with van der Waals surface area (Å²) in [5.41, 5.74) is 3.33. The standard InChI is InChI=1S/C21H18FN3O2/c1-13-5-6-14(22)12-18(13)24-20-19-17(4-3-11-23-19)21(26)25(20)15-7-9-16(27-2)10-8-15/h3-12,20,24H,1-2H3. The fourth-order valence-corrected chi connectivity index (χ4v) is 3.22. The van der Waals surface area contributed by atoms with E-state index in [4.69, 9.17) is 4.74 Å². The van der Waals surface area contributed by atoms with Gasteiger partial charge < -0.3 is 10.1 Å². The summed E-state index contributed by atoms with van der Waals surface area (Å²) in [5.74, 6) is 0.200. The number of methoxy groups -OCH3 is 1. The van der Waals surface area contributed by atoms with Gasteiger partial charge in [0.05, 0.1) is 18.4 Å². The average Bonchev–Trinajstić information content (AvgIpc) is 2.97. The van der Waals surface area contributed by atoms with Crippen LogP contribution in [0.25, 0.3) is 0 Å². The first kappa shape index (κ1) is 17.0. The number of aryl methyl sites for hydroxylation is 1. The lowest BCUT2D eigenvalue weighted by atomic mass is 10.1. The molecule has 3 aromatic rings. The summed E-state index contributed by atoms with van der Waals surface area (Å²) in [5, 5.41) is 3.29. The molecule has 5 nitrogen and oxygen atoms in total. The first-order chi connectivity index (χ1) is 13.1. The molecule has 1 aliphatic rings.